The first-order valence-corrected chi connectivity index (χ1v) is 25.3. The van der Waals surface area contributed by atoms with Crippen LogP contribution < -0.4 is 15.6 Å². The summed E-state index contributed by atoms with van der Waals surface area (Å²) in [6, 6.07) is -1.38. The molecule has 11 heteroatoms. The topological polar surface area (TPSA) is 146 Å². The molecule has 0 amide bonds. The molecule has 1 aromatic heterocycles. The van der Waals surface area contributed by atoms with Crippen molar-refractivity contribution >= 4 is 58.2 Å². The fraction of sp³-hybridized carbons (Fsp3) is 0.691. The maximum atomic E-state index is 13.7. The molecule has 1 aliphatic carbocycles. The Kier molecular flexibility index (Phi) is 19.4. The van der Waals surface area contributed by atoms with Gasteiger partial charge in [-0.05, 0) is 74.7 Å². The van der Waals surface area contributed by atoms with Crippen LogP contribution in [0.1, 0.15) is 164 Å². The minimum Gasteiger partial charge on any atom is -0.675 e. The summed E-state index contributed by atoms with van der Waals surface area (Å²) in [7, 11) is 1.33. The Bertz CT molecular complexity index is 2160. The summed E-state index contributed by atoms with van der Waals surface area (Å²) < 4.78 is 11.2. The van der Waals surface area contributed by atoms with E-state index < -0.39 is 24.0 Å². The van der Waals surface area contributed by atoms with Crippen LogP contribution in [0.15, 0.2) is 40.4 Å². The standard InChI is InChI=1S/C55H80N4O6.Mg/c1-13-39-34(7)41-29-46-48(38(11)60)36(9)43(57-46)27-42-35(8)40(52(58-42)50-51(55(63)64-12)54(62)49-37(10)44(59-53(49)50)28-45(39)56-41)23-24-47(61)65-26-25-33(6)22-16-21-32(5)20-15-19-31(4)18-14-17-30(2)3;/h27-35,39-40,42,46,51-52,62H,13-26H2,1-12H3;/q-4;+2/b41-29-,43-27-,45-28+;/t31-,32-,33?,34+,35-,39+,40-,42+,46+,51+,52-;/m0./s1. The second-order valence-electron chi connectivity index (χ2n) is 21.1. The van der Waals surface area contributed by atoms with Crippen molar-refractivity contribution in [3.8, 4) is 0 Å². The number of esters is 2. The van der Waals surface area contributed by atoms with Gasteiger partial charge in [0.25, 0.3) is 0 Å². The number of Topliss-reactive ketones (excluding diaryl/α,β-unsaturated/α-hetero) is 1. The van der Waals surface area contributed by atoms with E-state index >= 15 is 0 Å². The summed E-state index contributed by atoms with van der Waals surface area (Å²) in [5, 5.41) is 28.7. The molecule has 8 bridgehead atoms. The van der Waals surface area contributed by atoms with E-state index in [9.17, 15) is 19.5 Å². The van der Waals surface area contributed by atoms with Crippen molar-refractivity contribution in [3.05, 3.63) is 78.2 Å². The van der Waals surface area contributed by atoms with Crippen LogP contribution in [-0.2, 0) is 23.9 Å². The first kappa shape index (κ1) is 53.7. The van der Waals surface area contributed by atoms with Crippen LogP contribution >= 0.6 is 0 Å². The summed E-state index contributed by atoms with van der Waals surface area (Å²) in [5.41, 5.74) is 6.05. The predicted octanol–water partition coefficient (Wildman–Crippen LogP) is 11.2. The Morgan fingerprint density at radius 1 is 0.864 bits per heavy atom. The molecule has 0 aromatic carbocycles. The summed E-state index contributed by atoms with van der Waals surface area (Å²) in [5.74, 6) is 0.790. The minimum absolute atomic E-state index is 0. The smallest absolute Gasteiger partial charge is 0.675 e. The van der Waals surface area contributed by atoms with Crippen molar-refractivity contribution in [3.63, 3.8) is 0 Å². The van der Waals surface area contributed by atoms with Crippen LogP contribution in [-0.4, -0.2) is 77.7 Å². The van der Waals surface area contributed by atoms with Crippen LogP contribution in [0, 0.1) is 60.2 Å². The van der Waals surface area contributed by atoms with Crippen molar-refractivity contribution in [2.45, 2.75) is 178 Å². The number of aromatic nitrogens is 1. The number of hydrogen-bond donors (Lipinski definition) is 1. The van der Waals surface area contributed by atoms with E-state index in [1.807, 2.05) is 26.0 Å². The number of carbonyl (C=O) groups is 3. The number of fused-ring (bicyclic) bond motifs is 8. The Balaban J connectivity index is 0.00000817. The molecule has 0 radical (unpaired) electrons. The van der Waals surface area contributed by atoms with Crippen molar-refractivity contribution in [2.24, 2.45) is 53.3 Å². The molecule has 2 saturated heterocycles. The Hall–Kier alpha value is -3.28. The minimum atomic E-state index is -1.07. The van der Waals surface area contributed by atoms with Gasteiger partial charge in [0.1, 0.15) is 11.7 Å². The Morgan fingerprint density at radius 3 is 2.08 bits per heavy atom. The fourth-order valence-electron chi connectivity index (χ4n) is 11.5. The van der Waals surface area contributed by atoms with Crippen LogP contribution in [0.3, 0.4) is 0 Å². The molecule has 0 saturated carbocycles. The quantitative estimate of drug-likeness (QED) is 0.0954. The molecule has 2 fully saturated rings. The summed E-state index contributed by atoms with van der Waals surface area (Å²) in [4.78, 5) is 45.5. The van der Waals surface area contributed by atoms with Gasteiger partial charge in [0, 0.05) is 11.6 Å². The number of methoxy groups -OCH3 is 1. The normalized spacial score (nSPS) is 29.2. The zero-order chi connectivity index (χ0) is 47.3. The zero-order valence-electron chi connectivity index (χ0n) is 42.5. The third-order valence-corrected chi connectivity index (χ3v) is 15.7. The third-order valence-electron chi connectivity index (χ3n) is 15.7. The predicted molar refractivity (Wildman–Crippen MR) is 268 cm³/mol. The Labute approximate surface area is 413 Å². The van der Waals surface area contributed by atoms with Crippen molar-refractivity contribution in [2.75, 3.05) is 13.7 Å². The molecule has 0 spiro atoms. The fourth-order valence-corrected chi connectivity index (χ4v) is 11.5. The van der Waals surface area contributed by atoms with E-state index in [1.54, 1.807) is 6.92 Å². The van der Waals surface area contributed by atoms with E-state index in [4.69, 9.17) is 30.4 Å². The molecule has 66 heavy (non-hydrogen) atoms. The Morgan fingerprint density at radius 2 is 1.48 bits per heavy atom. The van der Waals surface area contributed by atoms with E-state index in [2.05, 4.69) is 61.5 Å². The van der Waals surface area contributed by atoms with Gasteiger partial charge in [0.15, 0.2) is 5.78 Å². The molecular formula is C55H80MgN4O6-2. The molecule has 360 valence electrons. The maximum Gasteiger partial charge on any atom is 2.00 e. The molecule has 10 nitrogen and oxygen atoms in total. The number of rotatable bonds is 21. The number of ether oxygens (including phenoxy) is 2. The second-order valence-corrected chi connectivity index (χ2v) is 21.1. The van der Waals surface area contributed by atoms with Gasteiger partial charge in [0.05, 0.1) is 13.7 Å². The van der Waals surface area contributed by atoms with Gasteiger partial charge >= 0.3 is 35.0 Å². The summed E-state index contributed by atoms with van der Waals surface area (Å²) in [6.07, 6.45) is 20.0. The molecule has 4 aliphatic heterocycles. The molecule has 11 atom stereocenters. The van der Waals surface area contributed by atoms with Crippen LogP contribution in [0.4, 0.5) is 0 Å². The largest absolute Gasteiger partial charge is 2.00 e. The van der Waals surface area contributed by atoms with Gasteiger partial charge in [-0.15, -0.1) is 41.0 Å². The molecular weight excluding hydrogens is 837 g/mol. The number of aliphatic hydroxyl groups excluding tert-OH is 1. The molecule has 1 unspecified atom stereocenters. The van der Waals surface area contributed by atoms with E-state index in [0.29, 0.717) is 46.4 Å². The number of carbonyl (C=O) groups excluding carboxylic acids is 3. The number of allylic oxidation sites excluding steroid dienone is 3. The van der Waals surface area contributed by atoms with Crippen LogP contribution in [0.2, 0.25) is 0 Å². The molecule has 1 aromatic rings. The number of aliphatic hydroxyl groups is 1. The van der Waals surface area contributed by atoms with Gasteiger partial charge in [-0.2, -0.15) is 11.4 Å². The van der Waals surface area contributed by atoms with E-state index in [0.717, 1.165) is 65.2 Å². The zero-order valence-corrected chi connectivity index (χ0v) is 44.0. The van der Waals surface area contributed by atoms with Gasteiger partial charge in [-0.1, -0.05) is 160 Å². The number of ketones is 1. The molecule has 1 N–H and O–H groups in total. The van der Waals surface area contributed by atoms with Gasteiger partial charge in [-0.25, -0.2) is 0 Å². The second kappa shape index (κ2) is 23.8. The van der Waals surface area contributed by atoms with Gasteiger partial charge in [0.2, 0.25) is 0 Å². The van der Waals surface area contributed by atoms with Crippen LogP contribution in [0.25, 0.3) is 33.4 Å². The first-order valence-electron chi connectivity index (χ1n) is 25.3. The monoisotopic (exact) mass is 917 g/mol. The first-order chi connectivity index (χ1) is 30.9. The molecule has 6 rings (SSSR count). The van der Waals surface area contributed by atoms with E-state index in [-0.39, 0.29) is 76.7 Å². The summed E-state index contributed by atoms with van der Waals surface area (Å²) in [6.45, 7) is 24.0. The van der Waals surface area contributed by atoms with Crippen molar-refractivity contribution in [1.29, 1.82) is 0 Å². The van der Waals surface area contributed by atoms with E-state index in [1.165, 1.54) is 58.5 Å². The van der Waals surface area contributed by atoms with Crippen LogP contribution in [0.5, 0.6) is 0 Å². The number of nitrogens with zero attached hydrogens (tertiary/aromatic N) is 4. The SMILES string of the molecule is CC[C@H]1/C2=C\c3[n-]c4c(c3C)=C(O)[C@H](C(=O)OC)C=4[C@H]3[N-][C@H](/C=C4\[N-][C@H](/C=C(\[N-]2)[C@@H]1C)C(C(C)=O)=C4C)[C@@H](C)[C@@H]3CCC(=O)OCCC(C)CCC[C@@H](C)CCC[C@@H](C)CCCC(C)C.[Mg+2]. The van der Waals surface area contributed by atoms with Gasteiger partial charge in [-0.3, -0.25) is 14.4 Å². The number of hydrogen-bond acceptors (Lipinski definition) is 6. The van der Waals surface area contributed by atoms with Crippen molar-refractivity contribution in [1.82, 2.24) is 4.98 Å². The third kappa shape index (κ3) is 12.1. The molecule has 5 heterocycles. The molecule has 5 aliphatic rings. The summed E-state index contributed by atoms with van der Waals surface area (Å²) >= 11 is 0. The van der Waals surface area contributed by atoms with Crippen molar-refractivity contribution < 1.29 is 29.0 Å². The van der Waals surface area contributed by atoms with Gasteiger partial charge < -0.3 is 35.5 Å². The maximum absolute atomic E-state index is 13.7. The average Bonchev–Trinajstić information content (AvgIpc) is 4.00. The average molecular weight is 918 g/mol.